The molecule has 2 rings (SSSR count). The molecular formula is C8H5Cl2N3O2. The van der Waals surface area contributed by atoms with Crippen molar-refractivity contribution in [2.24, 2.45) is 0 Å². The van der Waals surface area contributed by atoms with Gasteiger partial charge < -0.3 is 10.8 Å². The molecule has 1 heterocycles. The minimum atomic E-state index is -0.869. The number of nitrogens with two attached hydrogens (primary N) is 1. The summed E-state index contributed by atoms with van der Waals surface area (Å²) in [4.78, 5) is 24.7. The number of nitrogens with zero attached hydrogens (tertiary/aromatic N) is 1. The highest BCUT2D eigenvalue weighted by Gasteiger charge is 2.09. The van der Waals surface area contributed by atoms with Gasteiger partial charge in [0.25, 0.3) is 0 Å². The number of hydrogen-bond acceptors (Lipinski definition) is 3. The Labute approximate surface area is 93.0 Å². The average molecular weight is 246 g/mol. The number of halogens is 2. The molecule has 3 N–H and O–H groups in total. The van der Waals surface area contributed by atoms with Crippen LogP contribution in [0.1, 0.15) is 0 Å². The summed E-state index contributed by atoms with van der Waals surface area (Å²) in [6, 6.07) is 2.90. The van der Waals surface area contributed by atoms with Gasteiger partial charge in [-0.2, -0.15) is 0 Å². The van der Waals surface area contributed by atoms with Crippen LogP contribution >= 0.6 is 23.2 Å². The molecule has 7 heteroatoms. The molecule has 78 valence electrons. The summed E-state index contributed by atoms with van der Waals surface area (Å²) >= 11 is 11.6. The summed E-state index contributed by atoms with van der Waals surface area (Å²) in [5.41, 5.74) is -1.12. The highest BCUT2D eigenvalue weighted by atomic mass is 35.5. The standard InChI is InChI=1S/C8H5Cl2N3O2/c9-3-1-4(10)6-5(2-3)12-7(14)8(15)13(6)11/h1-2H,11H2,(H,12,14). The zero-order valence-electron chi connectivity index (χ0n) is 7.25. The SMILES string of the molecule is Nn1c(=O)c(=O)[nH]c2cc(Cl)cc(Cl)c21. The van der Waals surface area contributed by atoms with Gasteiger partial charge in [0.2, 0.25) is 0 Å². The van der Waals surface area contributed by atoms with Gasteiger partial charge in [0.05, 0.1) is 10.5 Å². The van der Waals surface area contributed by atoms with Gasteiger partial charge in [-0.15, -0.1) is 0 Å². The lowest BCUT2D eigenvalue weighted by atomic mass is 10.3. The molecule has 0 saturated carbocycles. The first-order valence-corrected chi connectivity index (χ1v) is 4.65. The fourth-order valence-corrected chi connectivity index (χ4v) is 1.88. The summed E-state index contributed by atoms with van der Waals surface area (Å²) in [5, 5.41) is 0.551. The quantitative estimate of drug-likeness (QED) is 0.530. The van der Waals surface area contributed by atoms with Gasteiger partial charge in [-0.1, -0.05) is 23.2 Å². The lowest BCUT2D eigenvalue weighted by Crippen LogP contribution is -2.40. The highest BCUT2D eigenvalue weighted by Crippen LogP contribution is 2.24. The van der Waals surface area contributed by atoms with Crippen molar-refractivity contribution in [2.75, 3.05) is 5.84 Å². The molecule has 0 fully saturated rings. The second kappa shape index (κ2) is 3.29. The summed E-state index contributed by atoms with van der Waals surface area (Å²) in [6.07, 6.45) is 0. The minimum absolute atomic E-state index is 0.202. The zero-order valence-corrected chi connectivity index (χ0v) is 8.76. The van der Waals surface area contributed by atoms with Gasteiger partial charge in [-0.05, 0) is 12.1 Å². The molecule has 0 aliphatic rings. The molecule has 0 radical (unpaired) electrons. The predicted octanol–water partition coefficient (Wildman–Crippen LogP) is 0.710. The number of rotatable bonds is 0. The molecule has 0 spiro atoms. The van der Waals surface area contributed by atoms with Crippen LogP contribution in [-0.4, -0.2) is 9.66 Å². The van der Waals surface area contributed by atoms with Crippen molar-refractivity contribution >= 4 is 34.2 Å². The average Bonchev–Trinajstić information content (AvgIpc) is 2.13. The smallest absolute Gasteiger partial charge is 0.334 e. The third-order valence-corrected chi connectivity index (χ3v) is 2.44. The van der Waals surface area contributed by atoms with E-state index in [1.165, 1.54) is 12.1 Å². The Morgan fingerprint density at radius 1 is 1.27 bits per heavy atom. The fourth-order valence-electron chi connectivity index (χ4n) is 1.29. The van der Waals surface area contributed by atoms with Crippen molar-refractivity contribution in [3.05, 3.63) is 42.9 Å². The number of nitrogen functional groups attached to an aromatic ring is 1. The number of aromatic nitrogens is 2. The van der Waals surface area contributed by atoms with E-state index in [1.807, 2.05) is 0 Å². The van der Waals surface area contributed by atoms with Gasteiger partial charge in [0, 0.05) is 5.02 Å². The molecule has 15 heavy (non-hydrogen) atoms. The van der Waals surface area contributed by atoms with Crippen LogP contribution in [0.25, 0.3) is 11.0 Å². The van der Waals surface area contributed by atoms with Crippen LogP contribution in [0, 0.1) is 0 Å². The summed E-state index contributed by atoms with van der Waals surface area (Å²) in [6.45, 7) is 0. The van der Waals surface area contributed by atoms with Gasteiger partial charge >= 0.3 is 11.1 Å². The zero-order chi connectivity index (χ0) is 11.2. The Bertz CT molecular complexity index is 659. The Kier molecular flexibility index (Phi) is 2.21. The maximum atomic E-state index is 11.2. The van der Waals surface area contributed by atoms with E-state index in [2.05, 4.69) is 4.98 Å². The van der Waals surface area contributed by atoms with Crippen LogP contribution in [0.4, 0.5) is 0 Å². The molecule has 1 aromatic heterocycles. The van der Waals surface area contributed by atoms with Gasteiger partial charge in [-0.25, -0.2) is 4.68 Å². The van der Waals surface area contributed by atoms with Crippen LogP contribution in [0.2, 0.25) is 10.0 Å². The van der Waals surface area contributed by atoms with Crippen molar-refractivity contribution < 1.29 is 0 Å². The van der Waals surface area contributed by atoms with Gasteiger partial charge in [-0.3, -0.25) is 9.59 Å². The Hall–Kier alpha value is -1.46. The first-order valence-electron chi connectivity index (χ1n) is 3.90. The Balaban J connectivity index is 3.13. The summed E-state index contributed by atoms with van der Waals surface area (Å²) in [5.74, 6) is 5.43. The number of nitrogens with one attached hydrogen (secondary N) is 1. The van der Waals surface area contributed by atoms with E-state index in [-0.39, 0.29) is 10.5 Å². The van der Waals surface area contributed by atoms with E-state index in [4.69, 9.17) is 29.0 Å². The topological polar surface area (TPSA) is 80.9 Å². The molecule has 0 saturated heterocycles. The third kappa shape index (κ3) is 1.49. The number of aromatic amines is 1. The molecule has 0 atom stereocenters. The van der Waals surface area contributed by atoms with Crippen LogP contribution < -0.4 is 17.0 Å². The molecule has 2 aromatic rings. The van der Waals surface area contributed by atoms with Gasteiger partial charge in [0.15, 0.2) is 0 Å². The normalized spacial score (nSPS) is 10.8. The fraction of sp³-hybridized carbons (Fsp3) is 0. The molecule has 0 amide bonds. The number of H-pyrrole nitrogens is 1. The molecular weight excluding hydrogens is 241 g/mol. The first-order chi connectivity index (χ1) is 7.00. The predicted molar refractivity (Wildman–Crippen MR) is 59.0 cm³/mol. The van der Waals surface area contributed by atoms with E-state index in [0.29, 0.717) is 15.2 Å². The van der Waals surface area contributed by atoms with E-state index < -0.39 is 11.1 Å². The second-order valence-electron chi connectivity index (χ2n) is 2.91. The number of hydrogen-bond donors (Lipinski definition) is 2. The van der Waals surface area contributed by atoms with Crippen LogP contribution in [-0.2, 0) is 0 Å². The third-order valence-electron chi connectivity index (χ3n) is 1.93. The lowest BCUT2D eigenvalue weighted by Gasteiger charge is -2.05. The Morgan fingerprint density at radius 2 is 1.93 bits per heavy atom. The van der Waals surface area contributed by atoms with E-state index in [9.17, 15) is 9.59 Å². The largest absolute Gasteiger partial charge is 0.336 e. The molecule has 0 unspecified atom stereocenters. The minimum Gasteiger partial charge on any atom is -0.336 e. The molecule has 0 aliphatic carbocycles. The lowest BCUT2D eigenvalue weighted by molar-refractivity contribution is 0.942. The molecule has 0 aliphatic heterocycles. The van der Waals surface area contributed by atoms with Crippen molar-refractivity contribution in [3.8, 4) is 0 Å². The monoisotopic (exact) mass is 245 g/mol. The number of benzene rings is 1. The Morgan fingerprint density at radius 3 is 2.60 bits per heavy atom. The second-order valence-corrected chi connectivity index (χ2v) is 3.76. The summed E-state index contributed by atoms with van der Waals surface area (Å²) in [7, 11) is 0. The molecule has 5 nitrogen and oxygen atoms in total. The van der Waals surface area contributed by atoms with Crippen molar-refractivity contribution in [1.29, 1.82) is 0 Å². The maximum Gasteiger partial charge on any atom is 0.334 e. The highest BCUT2D eigenvalue weighted by molar-refractivity contribution is 6.38. The summed E-state index contributed by atoms with van der Waals surface area (Å²) < 4.78 is 0.701. The van der Waals surface area contributed by atoms with E-state index in [0.717, 1.165) is 0 Å². The maximum absolute atomic E-state index is 11.2. The van der Waals surface area contributed by atoms with Crippen molar-refractivity contribution in [1.82, 2.24) is 9.66 Å². The van der Waals surface area contributed by atoms with Gasteiger partial charge in [0.1, 0.15) is 5.52 Å². The van der Waals surface area contributed by atoms with E-state index >= 15 is 0 Å². The van der Waals surface area contributed by atoms with Crippen molar-refractivity contribution in [2.45, 2.75) is 0 Å². The number of fused-ring (bicyclic) bond motifs is 1. The molecule has 0 bridgehead atoms. The van der Waals surface area contributed by atoms with Crippen molar-refractivity contribution in [3.63, 3.8) is 0 Å². The molecule has 1 aromatic carbocycles. The van der Waals surface area contributed by atoms with Crippen LogP contribution in [0.15, 0.2) is 21.7 Å². The van der Waals surface area contributed by atoms with E-state index in [1.54, 1.807) is 0 Å². The first kappa shape index (κ1) is 10.1. The van der Waals surface area contributed by atoms with Crippen LogP contribution in [0.5, 0.6) is 0 Å². The van der Waals surface area contributed by atoms with Crippen LogP contribution in [0.3, 0.4) is 0 Å².